The number of rotatable bonds is 6. The Kier molecular flexibility index (Phi) is 4.98. The Morgan fingerprint density at radius 1 is 1.10 bits per heavy atom. The molecule has 30 heavy (non-hydrogen) atoms. The molecule has 2 N–H and O–H groups in total. The minimum Gasteiger partial charge on any atom is -0.394 e. The summed E-state index contributed by atoms with van der Waals surface area (Å²) in [6.07, 6.45) is 4.56. The van der Waals surface area contributed by atoms with Gasteiger partial charge in [0, 0.05) is 6.20 Å². The first-order chi connectivity index (χ1) is 14.5. The van der Waals surface area contributed by atoms with Gasteiger partial charge in [0.05, 0.1) is 35.7 Å². The minimum absolute atomic E-state index is 0.0463. The SMILES string of the molecule is O=[N+]([O-])c1cnc(-c2cnc3ccc(F)cn23)nc1NC(CO)c1ccc(F)cn1. The number of hydrogen-bond donors (Lipinski definition) is 2. The van der Waals surface area contributed by atoms with Crippen molar-refractivity contribution in [2.24, 2.45) is 0 Å². The second kappa shape index (κ2) is 7.75. The van der Waals surface area contributed by atoms with Crippen LogP contribution in [-0.4, -0.2) is 41.0 Å². The minimum atomic E-state index is -0.897. The summed E-state index contributed by atoms with van der Waals surface area (Å²) < 4.78 is 28.2. The monoisotopic (exact) mass is 413 g/mol. The van der Waals surface area contributed by atoms with E-state index in [2.05, 4.69) is 25.3 Å². The summed E-state index contributed by atoms with van der Waals surface area (Å²) in [7, 11) is 0. The predicted octanol–water partition coefficient (Wildman–Crippen LogP) is 2.52. The number of nitrogens with zero attached hydrogens (tertiary/aromatic N) is 6. The van der Waals surface area contributed by atoms with Gasteiger partial charge in [0.25, 0.3) is 0 Å². The molecule has 0 saturated carbocycles. The number of aromatic nitrogens is 5. The van der Waals surface area contributed by atoms with Crippen LogP contribution in [0.1, 0.15) is 11.7 Å². The Bertz CT molecular complexity index is 1230. The van der Waals surface area contributed by atoms with E-state index in [4.69, 9.17) is 0 Å². The van der Waals surface area contributed by atoms with Gasteiger partial charge < -0.3 is 10.4 Å². The van der Waals surface area contributed by atoms with Gasteiger partial charge in [-0.25, -0.2) is 23.7 Å². The lowest BCUT2D eigenvalue weighted by molar-refractivity contribution is -0.384. The number of fused-ring (bicyclic) bond motifs is 1. The molecular formula is C18H13F2N7O3. The fourth-order valence-electron chi connectivity index (χ4n) is 2.83. The first-order valence-electron chi connectivity index (χ1n) is 8.59. The number of nitro groups is 1. The van der Waals surface area contributed by atoms with E-state index < -0.39 is 34.9 Å². The second-order valence-corrected chi connectivity index (χ2v) is 6.18. The van der Waals surface area contributed by atoms with E-state index in [0.29, 0.717) is 11.3 Å². The standard InChI is InChI=1S/C18H13F2N7O3/c19-10-1-3-12(21-5-10)13(9-28)24-18-15(27(29)30)7-23-17(25-18)14-6-22-16-4-2-11(20)8-26(14)16/h1-8,13,28H,9H2,(H,23,24,25). The van der Waals surface area contributed by atoms with Gasteiger partial charge >= 0.3 is 5.69 Å². The van der Waals surface area contributed by atoms with Gasteiger partial charge in [-0.15, -0.1) is 0 Å². The molecule has 4 heterocycles. The first kappa shape index (κ1) is 19.3. The zero-order valence-electron chi connectivity index (χ0n) is 15.1. The highest BCUT2D eigenvalue weighted by molar-refractivity contribution is 5.63. The van der Waals surface area contributed by atoms with Gasteiger partial charge in [-0.05, 0) is 24.3 Å². The van der Waals surface area contributed by atoms with Crippen molar-refractivity contribution < 1.29 is 18.8 Å². The number of aliphatic hydroxyl groups excluding tert-OH is 1. The summed E-state index contributed by atoms with van der Waals surface area (Å²) in [5.41, 5.74) is 0.555. The molecular weight excluding hydrogens is 400 g/mol. The summed E-state index contributed by atoms with van der Waals surface area (Å²) >= 11 is 0. The molecule has 0 radical (unpaired) electrons. The van der Waals surface area contributed by atoms with Crippen molar-refractivity contribution in [2.75, 3.05) is 11.9 Å². The summed E-state index contributed by atoms with van der Waals surface area (Å²) in [6.45, 7) is -0.490. The molecule has 4 rings (SSSR count). The summed E-state index contributed by atoms with van der Waals surface area (Å²) in [6, 6.07) is 4.30. The summed E-state index contributed by atoms with van der Waals surface area (Å²) in [4.78, 5) is 26.9. The van der Waals surface area contributed by atoms with E-state index >= 15 is 0 Å². The zero-order chi connectivity index (χ0) is 21.3. The van der Waals surface area contributed by atoms with Crippen molar-refractivity contribution in [1.82, 2.24) is 24.3 Å². The molecule has 0 bridgehead atoms. The quantitative estimate of drug-likeness (QED) is 0.364. The van der Waals surface area contributed by atoms with E-state index in [1.54, 1.807) is 0 Å². The molecule has 152 valence electrons. The Morgan fingerprint density at radius 2 is 1.90 bits per heavy atom. The number of anilines is 1. The van der Waals surface area contributed by atoms with Crippen LogP contribution in [0.4, 0.5) is 20.3 Å². The van der Waals surface area contributed by atoms with E-state index in [-0.39, 0.29) is 17.3 Å². The van der Waals surface area contributed by atoms with Crippen LogP contribution in [0.3, 0.4) is 0 Å². The van der Waals surface area contributed by atoms with E-state index in [1.165, 1.54) is 35.0 Å². The Morgan fingerprint density at radius 3 is 2.60 bits per heavy atom. The Balaban J connectivity index is 1.77. The molecule has 1 atom stereocenters. The van der Waals surface area contributed by atoms with Crippen molar-refractivity contribution in [1.29, 1.82) is 0 Å². The van der Waals surface area contributed by atoms with Crippen molar-refractivity contribution in [2.45, 2.75) is 6.04 Å². The third kappa shape index (κ3) is 3.63. The zero-order valence-corrected chi connectivity index (χ0v) is 15.1. The van der Waals surface area contributed by atoms with Crippen LogP contribution >= 0.6 is 0 Å². The number of hydrogen-bond acceptors (Lipinski definition) is 8. The third-order valence-electron chi connectivity index (χ3n) is 4.27. The van der Waals surface area contributed by atoms with Crippen molar-refractivity contribution in [3.63, 3.8) is 0 Å². The lowest BCUT2D eigenvalue weighted by Crippen LogP contribution is -2.18. The number of pyridine rings is 2. The second-order valence-electron chi connectivity index (χ2n) is 6.18. The third-order valence-corrected chi connectivity index (χ3v) is 4.27. The molecule has 0 saturated heterocycles. The molecule has 0 aliphatic rings. The molecule has 0 amide bonds. The van der Waals surface area contributed by atoms with E-state index in [9.17, 15) is 24.0 Å². The molecule has 10 nitrogen and oxygen atoms in total. The smallest absolute Gasteiger partial charge is 0.329 e. The van der Waals surface area contributed by atoms with Gasteiger partial charge in [-0.3, -0.25) is 19.5 Å². The molecule has 4 aromatic heterocycles. The lowest BCUT2D eigenvalue weighted by atomic mass is 10.2. The van der Waals surface area contributed by atoms with E-state index in [0.717, 1.165) is 18.5 Å². The average Bonchev–Trinajstić information content (AvgIpc) is 3.15. The highest BCUT2D eigenvalue weighted by atomic mass is 19.1. The number of aliphatic hydroxyl groups is 1. The highest BCUT2D eigenvalue weighted by Gasteiger charge is 2.23. The molecule has 1 unspecified atom stereocenters. The largest absolute Gasteiger partial charge is 0.394 e. The molecule has 0 aromatic carbocycles. The van der Waals surface area contributed by atoms with Crippen LogP contribution in [0.2, 0.25) is 0 Å². The van der Waals surface area contributed by atoms with Crippen LogP contribution < -0.4 is 5.32 Å². The van der Waals surface area contributed by atoms with Crippen molar-refractivity contribution in [3.05, 3.63) is 76.5 Å². The lowest BCUT2D eigenvalue weighted by Gasteiger charge is -2.16. The molecule has 0 fully saturated rings. The van der Waals surface area contributed by atoms with Crippen LogP contribution in [0.25, 0.3) is 17.2 Å². The number of halogens is 2. The summed E-state index contributed by atoms with van der Waals surface area (Å²) in [5.74, 6) is -1.22. The highest BCUT2D eigenvalue weighted by Crippen LogP contribution is 2.28. The Labute approximate surface area is 167 Å². The normalized spacial score (nSPS) is 12.1. The first-order valence-corrected chi connectivity index (χ1v) is 8.59. The fourth-order valence-corrected chi connectivity index (χ4v) is 2.83. The average molecular weight is 413 g/mol. The molecule has 12 heteroatoms. The predicted molar refractivity (Wildman–Crippen MR) is 100 cm³/mol. The molecule has 4 aromatic rings. The topological polar surface area (TPSA) is 131 Å². The van der Waals surface area contributed by atoms with Crippen LogP contribution in [0.5, 0.6) is 0 Å². The number of imidazole rings is 1. The van der Waals surface area contributed by atoms with Gasteiger partial charge in [-0.2, -0.15) is 0 Å². The van der Waals surface area contributed by atoms with Gasteiger partial charge in [0.15, 0.2) is 5.82 Å². The summed E-state index contributed by atoms with van der Waals surface area (Å²) in [5, 5.41) is 23.9. The molecule has 0 spiro atoms. The maximum atomic E-state index is 13.6. The van der Waals surface area contributed by atoms with Gasteiger partial charge in [0.2, 0.25) is 5.82 Å². The van der Waals surface area contributed by atoms with Crippen LogP contribution in [0, 0.1) is 21.7 Å². The maximum Gasteiger partial charge on any atom is 0.329 e. The molecule has 0 aliphatic heterocycles. The van der Waals surface area contributed by atoms with Crippen LogP contribution in [0.15, 0.2) is 49.1 Å². The van der Waals surface area contributed by atoms with Crippen molar-refractivity contribution >= 4 is 17.2 Å². The van der Waals surface area contributed by atoms with Gasteiger partial charge in [-0.1, -0.05) is 0 Å². The maximum absolute atomic E-state index is 13.6. The fraction of sp³-hybridized carbons (Fsp3) is 0.111. The van der Waals surface area contributed by atoms with Gasteiger partial charge in [0.1, 0.15) is 29.2 Å². The van der Waals surface area contributed by atoms with Crippen molar-refractivity contribution in [3.8, 4) is 11.5 Å². The number of nitrogens with one attached hydrogen (secondary N) is 1. The van der Waals surface area contributed by atoms with Crippen LogP contribution in [-0.2, 0) is 0 Å². The van der Waals surface area contributed by atoms with E-state index in [1.807, 2.05) is 0 Å². The Hall–Kier alpha value is -4.06. The molecule has 0 aliphatic carbocycles.